The van der Waals surface area contributed by atoms with Crippen molar-refractivity contribution in [2.24, 2.45) is 0 Å². The molecule has 0 bridgehead atoms. The van der Waals surface area contributed by atoms with Crippen LogP contribution in [0.2, 0.25) is 0 Å². The molecule has 1 aromatic heterocycles. The molecule has 6 heteroatoms. The number of ether oxygens (including phenoxy) is 2. The maximum atomic E-state index is 11.6. The lowest BCUT2D eigenvalue weighted by Gasteiger charge is -2.10. The summed E-state index contributed by atoms with van der Waals surface area (Å²) >= 11 is 1.36. The molecule has 0 saturated heterocycles. The van der Waals surface area contributed by atoms with Crippen LogP contribution in [0.3, 0.4) is 0 Å². The maximum absolute atomic E-state index is 11.6. The lowest BCUT2D eigenvalue weighted by atomic mass is 10.3. The van der Waals surface area contributed by atoms with E-state index in [1.807, 2.05) is 19.1 Å². The van der Waals surface area contributed by atoms with E-state index in [4.69, 9.17) is 9.47 Å². The van der Waals surface area contributed by atoms with Crippen molar-refractivity contribution in [2.45, 2.75) is 6.92 Å². The van der Waals surface area contributed by atoms with E-state index in [1.54, 1.807) is 23.7 Å². The molecule has 0 aliphatic rings. The van der Waals surface area contributed by atoms with E-state index in [1.165, 1.54) is 11.3 Å². The lowest BCUT2D eigenvalue weighted by Crippen LogP contribution is -2.20. The highest BCUT2D eigenvalue weighted by Crippen LogP contribution is 2.26. The number of nitrogens with zero attached hydrogens (tertiary/aromatic N) is 1. The van der Waals surface area contributed by atoms with Crippen molar-refractivity contribution in [2.75, 3.05) is 18.5 Å². The summed E-state index contributed by atoms with van der Waals surface area (Å²) in [5.41, 5.74) is 0. The van der Waals surface area contributed by atoms with Gasteiger partial charge in [-0.2, -0.15) is 0 Å². The van der Waals surface area contributed by atoms with Crippen LogP contribution in [0.5, 0.6) is 11.5 Å². The zero-order chi connectivity index (χ0) is 13.5. The van der Waals surface area contributed by atoms with Gasteiger partial charge in [0, 0.05) is 11.6 Å². The monoisotopic (exact) mass is 278 g/mol. The van der Waals surface area contributed by atoms with Gasteiger partial charge in [-0.05, 0) is 19.1 Å². The summed E-state index contributed by atoms with van der Waals surface area (Å²) in [4.78, 5) is 15.6. The Balaban J connectivity index is 1.89. The summed E-state index contributed by atoms with van der Waals surface area (Å²) in [5.74, 6) is 0.937. The fourth-order valence-corrected chi connectivity index (χ4v) is 1.97. The molecule has 0 fully saturated rings. The molecule has 19 heavy (non-hydrogen) atoms. The van der Waals surface area contributed by atoms with Crippen LogP contribution < -0.4 is 14.8 Å². The third-order valence-electron chi connectivity index (χ3n) is 2.19. The predicted octanol–water partition coefficient (Wildman–Crippen LogP) is 2.56. The number of rotatable bonds is 6. The van der Waals surface area contributed by atoms with Crippen LogP contribution in [0.25, 0.3) is 0 Å². The van der Waals surface area contributed by atoms with Crippen LogP contribution >= 0.6 is 11.3 Å². The van der Waals surface area contributed by atoms with Gasteiger partial charge in [-0.3, -0.25) is 10.1 Å². The van der Waals surface area contributed by atoms with Gasteiger partial charge in [-0.1, -0.05) is 12.1 Å². The summed E-state index contributed by atoms with van der Waals surface area (Å²) < 4.78 is 10.8. The summed E-state index contributed by atoms with van der Waals surface area (Å²) in [6.45, 7) is 2.36. The van der Waals surface area contributed by atoms with E-state index < -0.39 is 0 Å². The number of carbonyl (C=O) groups excluding carboxylic acids is 1. The molecule has 1 amide bonds. The topological polar surface area (TPSA) is 60.5 Å². The quantitative estimate of drug-likeness (QED) is 0.882. The summed E-state index contributed by atoms with van der Waals surface area (Å²) in [6.07, 6.45) is 1.63. The van der Waals surface area contributed by atoms with E-state index in [2.05, 4.69) is 10.3 Å². The van der Waals surface area contributed by atoms with E-state index in [-0.39, 0.29) is 12.5 Å². The Hall–Kier alpha value is -2.08. The Labute approximate surface area is 115 Å². The number of nitrogens with one attached hydrogen (secondary N) is 1. The first kappa shape index (κ1) is 13.4. The highest BCUT2D eigenvalue weighted by Gasteiger charge is 2.08. The van der Waals surface area contributed by atoms with Crippen LogP contribution in [-0.2, 0) is 4.79 Å². The van der Waals surface area contributed by atoms with Gasteiger partial charge in [0.05, 0.1) is 6.61 Å². The highest BCUT2D eigenvalue weighted by atomic mass is 32.1. The second kappa shape index (κ2) is 6.75. The third-order valence-corrected chi connectivity index (χ3v) is 2.87. The molecule has 0 spiro atoms. The van der Waals surface area contributed by atoms with E-state index in [9.17, 15) is 4.79 Å². The molecular weight excluding hydrogens is 264 g/mol. The summed E-state index contributed by atoms with van der Waals surface area (Å²) in [6, 6.07) is 7.25. The minimum Gasteiger partial charge on any atom is -0.490 e. The second-order valence-electron chi connectivity index (χ2n) is 3.55. The van der Waals surface area contributed by atoms with E-state index in [0.717, 1.165) is 0 Å². The van der Waals surface area contributed by atoms with Crippen molar-refractivity contribution in [3.63, 3.8) is 0 Å². The number of thiazole rings is 1. The van der Waals surface area contributed by atoms with Crippen molar-refractivity contribution in [3.8, 4) is 11.5 Å². The average Bonchev–Trinajstić information content (AvgIpc) is 2.91. The first-order valence-corrected chi connectivity index (χ1v) is 6.71. The number of anilines is 1. The molecule has 0 saturated carbocycles. The molecule has 1 N–H and O–H groups in total. The Kier molecular flexibility index (Phi) is 4.74. The number of amides is 1. The minimum atomic E-state index is -0.249. The average molecular weight is 278 g/mol. The number of hydrogen-bond acceptors (Lipinski definition) is 5. The molecule has 0 unspecified atom stereocenters. The van der Waals surface area contributed by atoms with Crippen LogP contribution in [0.15, 0.2) is 35.8 Å². The zero-order valence-electron chi connectivity index (χ0n) is 10.5. The fourth-order valence-electron chi connectivity index (χ4n) is 1.43. The maximum Gasteiger partial charge on any atom is 0.264 e. The summed E-state index contributed by atoms with van der Waals surface area (Å²) in [7, 11) is 0. The van der Waals surface area contributed by atoms with Crippen LogP contribution in [0.1, 0.15) is 6.92 Å². The first-order chi connectivity index (χ1) is 9.29. The molecule has 0 aliphatic heterocycles. The van der Waals surface area contributed by atoms with Crippen molar-refractivity contribution in [3.05, 3.63) is 35.8 Å². The van der Waals surface area contributed by atoms with Gasteiger partial charge in [0.1, 0.15) is 0 Å². The van der Waals surface area contributed by atoms with E-state index >= 15 is 0 Å². The number of benzene rings is 1. The molecular formula is C13H14N2O3S. The molecule has 2 rings (SSSR count). The Bertz CT molecular complexity index is 528. The summed E-state index contributed by atoms with van der Waals surface area (Å²) in [5, 5.41) is 5.00. The first-order valence-electron chi connectivity index (χ1n) is 5.83. The normalized spacial score (nSPS) is 9.95. The second-order valence-corrected chi connectivity index (χ2v) is 4.45. The Morgan fingerprint density at radius 1 is 1.32 bits per heavy atom. The molecule has 1 aromatic carbocycles. The number of para-hydroxylation sites is 2. The molecule has 1 heterocycles. The SMILES string of the molecule is CCOc1ccccc1OCC(=O)Nc1nccs1. The lowest BCUT2D eigenvalue weighted by molar-refractivity contribution is -0.118. The van der Waals surface area contributed by atoms with Gasteiger partial charge in [-0.15, -0.1) is 11.3 Å². The molecule has 2 aromatic rings. The Morgan fingerprint density at radius 3 is 2.68 bits per heavy atom. The van der Waals surface area contributed by atoms with Crippen LogP contribution in [0, 0.1) is 0 Å². The van der Waals surface area contributed by atoms with Crippen LogP contribution in [0.4, 0.5) is 5.13 Å². The van der Waals surface area contributed by atoms with Gasteiger partial charge in [0.15, 0.2) is 23.2 Å². The molecule has 0 radical (unpaired) electrons. The fraction of sp³-hybridized carbons (Fsp3) is 0.231. The van der Waals surface area contributed by atoms with E-state index in [0.29, 0.717) is 23.2 Å². The Morgan fingerprint density at radius 2 is 2.05 bits per heavy atom. The van der Waals surface area contributed by atoms with Gasteiger partial charge in [0.25, 0.3) is 5.91 Å². The molecule has 0 atom stereocenters. The van der Waals surface area contributed by atoms with Gasteiger partial charge in [0.2, 0.25) is 0 Å². The van der Waals surface area contributed by atoms with Crippen molar-refractivity contribution >= 4 is 22.4 Å². The van der Waals surface area contributed by atoms with Crippen molar-refractivity contribution < 1.29 is 14.3 Å². The van der Waals surface area contributed by atoms with Crippen molar-refractivity contribution in [1.82, 2.24) is 4.98 Å². The van der Waals surface area contributed by atoms with Crippen molar-refractivity contribution in [1.29, 1.82) is 0 Å². The third kappa shape index (κ3) is 3.96. The predicted molar refractivity (Wildman–Crippen MR) is 73.8 cm³/mol. The molecule has 100 valence electrons. The number of hydrogen-bond donors (Lipinski definition) is 1. The van der Waals surface area contributed by atoms with Gasteiger partial charge < -0.3 is 9.47 Å². The minimum absolute atomic E-state index is 0.0797. The number of carbonyl (C=O) groups is 1. The van der Waals surface area contributed by atoms with Crippen LogP contribution in [-0.4, -0.2) is 24.1 Å². The van der Waals surface area contributed by atoms with Gasteiger partial charge in [-0.25, -0.2) is 4.98 Å². The smallest absolute Gasteiger partial charge is 0.264 e. The zero-order valence-corrected chi connectivity index (χ0v) is 11.3. The largest absolute Gasteiger partial charge is 0.490 e. The highest BCUT2D eigenvalue weighted by molar-refractivity contribution is 7.13. The standard InChI is InChI=1S/C13H14N2O3S/c1-2-17-10-5-3-4-6-11(10)18-9-12(16)15-13-14-7-8-19-13/h3-8H,2,9H2,1H3,(H,14,15,16). The molecule has 0 aliphatic carbocycles. The molecule has 5 nitrogen and oxygen atoms in total. The van der Waals surface area contributed by atoms with Gasteiger partial charge >= 0.3 is 0 Å². The number of aromatic nitrogens is 1.